The maximum absolute atomic E-state index is 13.4. The van der Waals surface area contributed by atoms with Crippen LogP contribution in [-0.2, 0) is 4.79 Å². The van der Waals surface area contributed by atoms with Crippen LogP contribution in [0.15, 0.2) is 52.4 Å². The Labute approximate surface area is 192 Å². The minimum atomic E-state index is -0.206. The predicted molar refractivity (Wildman–Crippen MR) is 128 cm³/mol. The van der Waals surface area contributed by atoms with Crippen molar-refractivity contribution in [3.05, 3.63) is 52.8 Å². The molecule has 8 heteroatoms. The molecule has 1 heterocycles. The van der Waals surface area contributed by atoms with Crippen molar-refractivity contribution in [3.63, 3.8) is 0 Å². The average Bonchev–Trinajstić information content (AvgIpc) is 2.77. The van der Waals surface area contributed by atoms with Gasteiger partial charge in [-0.25, -0.2) is 4.98 Å². The molecule has 0 spiro atoms. The number of benzene rings is 2. The van der Waals surface area contributed by atoms with Gasteiger partial charge in [0.05, 0.1) is 36.6 Å². The highest BCUT2D eigenvalue weighted by molar-refractivity contribution is 7.99. The van der Waals surface area contributed by atoms with Gasteiger partial charge in [0.15, 0.2) is 16.7 Å². The van der Waals surface area contributed by atoms with Crippen LogP contribution in [0.3, 0.4) is 0 Å². The Morgan fingerprint density at radius 2 is 1.69 bits per heavy atom. The summed E-state index contributed by atoms with van der Waals surface area (Å²) in [7, 11) is 3.10. The van der Waals surface area contributed by atoms with E-state index in [-0.39, 0.29) is 29.3 Å². The lowest BCUT2D eigenvalue weighted by Gasteiger charge is -2.30. The number of thioether (sulfide) groups is 1. The summed E-state index contributed by atoms with van der Waals surface area (Å²) in [5, 5.41) is 0.950. The third-order valence-electron chi connectivity index (χ3n) is 5.10. The third-order valence-corrected chi connectivity index (χ3v) is 6.02. The summed E-state index contributed by atoms with van der Waals surface area (Å²) in [5.41, 5.74) is 0.974. The number of nitrogens with zero attached hydrogens (tertiary/aromatic N) is 3. The molecular formula is C24H29N3O4S. The van der Waals surface area contributed by atoms with Crippen molar-refractivity contribution in [2.75, 3.05) is 20.0 Å². The monoisotopic (exact) mass is 455 g/mol. The van der Waals surface area contributed by atoms with E-state index in [1.807, 2.05) is 44.7 Å². The Balaban J connectivity index is 2.10. The summed E-state index contributed by atoms with van der Waals surface area (Å²) in [6, 6.07) is 12.6. The zero-order chi connectivity index (χ0) is 23.4. The molecule has 2 aromatic carbocycles. The Bertz CT molecular complexity index is 1170. The Kier molecular flexibility index (Phi) is 7.45. The van der Waals surface area contributed by atoms with Gasteiger partial charge in [0.25, 0.3) is 5.56 Å². The van der Waals surface area contributed by atoms with Gasteiger partial charge in [0.2, 0.25) is 5.91 Å². The highest BCUT2D eigenvalue weighted by Gasteiger charge is 2.22. The van der Waals surface area contributed by atoms with Gasteiger partial charge >= 0.3 is 0 Å². The number of ether oxygens (including phenoxy) is 2. The lowest BCUT2D eigenvalue weighted by atomic mass is 10.2. The normalized spacial score (nSPS) is 11.2. The van der Waals surface area contributed by atoms with Crippen LogP contribution in [0.2, 0.25) is 0 Å². The van der Waals surface area contributed by atoms with Crippen LogP contribution in [0, 0.1) is 0 Å². The molecule has 1 aromatic heterocycles. The van der Waals surface area contributed by atoms with Crippen LogP contribution in [0.5, 0.6) is 11.5 Å². The largest absolute Gasteiger partial charge is 0.493 e. The quantitative estimate of drug-likeness (QED) is 0.375. The second-order valence-corrected chi connectivity index (χ2v) is 8.81. The van der Waals surface area contributed by atoms with Crippen LogP contribution >= 0.6 is 11.8 Å². The lowest BCUT2D eigenvalue weighted by Crippen LogP contribution is -2.43. The number of hydrogen-bond acceptors (Lipinski definition) is 6. The highest BCUT2D eigenvalue weighted by atomic mass is 32.2. The van der Waals surface area contributed by atoms with E-state index in [4.69, 9.17) is 14.5 Å². The van der Waals surface area contributed by atoms with Gasteiger partial charge in [0.1, 0.15) is 0 Å². The molecule has 1 amide bonds. The average molecular weight is 456 g/mol. The smallest absolute Gasteiger partial charge is 0.266 e. The molecule has 32 heavy (non-hydrogen) atoms. The molecule has 0 saturated heterocycles. The van der Waals surface area contributed by atoms with Crippen molar-refractivity contribution in [1.82, 2.24) is 14.5 Å². The van der Waals surface area contributed by atoms with Gasteiger partial charge in [-0.05, 0) is 52.0 Å². The van der Waals surface area contributed by atoms with Crippen LogP contribution < -0.4 is 15.0 Å². The number of amides is 1. The highest BCUT2D eigenvalue weighted by Crippen LogP contribution is 2.30. The van der Waals surface area contributed by atoms with Gasteiger partial charge in [-0.1, -0.05) is 23.9 Å². The second-order valence-electron chi connectivity index (χ2n) is 7.87. The third kappa shape index (κ3) is 4.75. The van der Waals surface area contributed by atoms with E-state index < -0.39 is 0 Å². The van der Waals surface area contributed by atoms with E-state index in [9.17, 15) is 9.59 Å². The van der Waals surface area contributed by atoms with Gasteiger partial charge in [-0.15, -0.1) is 0 Å². The molecule has 0 unspecified atom stereocenters. The van der Waals surface area contributed by atoms with Gasteiger partial charge < -0.3 is 14.4 Å². The molecule has 0 bridgehead atoms. The van der Waals surface area contributed by atoms with Crippen LogP contribution in [0.4, 0.5) is 0 Å². The maximum atomic E-state index is 13.4. The first-order valence-corrected chi connectivity index (χ1v) is 11.4. The summed E-state index contributed by atoms with van der Waals surface area (Å²) in [5.74, 6) is 1.24. The van der Waals surface area contributed by atoms with Crippen molar-refractivity contribution in [2.45, 2.75) is 44.9 Å². The standard InChI is InChI=1S/C24H29N3O4S/c1-15(2)26(16(3)4)22(28)14-32-24-25-19-10-8-7-9-18(19)23(29)27(24)17-11-12-20(30-5)21(13-17)31-6/h7-13,15-16H,14H2,1-6H3. The molecule has 7 nitrogen and oxygen atoms in total. The van der Waals surface area contributed by atoms with Crippen molar-refractivity contribution in [3.8, 4) is 17.2 Å². The number of aromatic nitrogens is 2. The van der Waals surface area contributed by atoms with Crippen LogP contribution in [-0.4, -0.2) is 52.4 Å². The number of fused-ring (bicyclic) bond motifs is 1. The first-order valence-electron chi connectivity index (χ1n) is 10.5. The second kappa shape index (κ2) is 10.1. The number of carbonyl (C=O) groups excluding carboxylic acids is 1. The molecule has 0 fully saturated rings. The SMILES string of the molecule is COc1ccc(-n2c(SCC(=O)N(C(C)C)C(C)C)nc3ccccc3c2=O)cc1OC. The lowest BCUT2D eigenvalue weighted by molar-refractivity contribution is -0.131. The van der Waals surface area contributed by atoms with Gasteiger partial charge in [-0.2, -0.15) is 0 Å². The molecule has 0 aliphatic rings. The van der Waals surface area contributed by atoms with E-state index in [2.05, 4.69) is 0 Å². The Morgan fingerprint density at radius 3 is 2.31 bits per heavy atom. The molecule has 0 radical (unpaired) electrons. The Morgan fingerprint density at radius 1 is 1.03 bits per heavy atom. The minimum absolute atomic E-state index is 0.00118. The van der Waals surface area contributed by atoms with Crippen LogP contribution in [0.1, 0.15) is 27.7 Å². The number of para-hydroxylation sites is 1. The van der Waals surface area contributed by atoms with Crippen molar-refractivity contribution < 1.29 is 14.3 Å². The van der Waals surface area contributed by atoms with Crippen molar-refractivity contribution in [2.24, 2.45) is 0 Å². The molecule has 170 valence electrons. The first kappa shape index (κ1) is 23.7. The summed E-state index contributed by atoms with van der Waals surface area (Å²) in [6.45, 7) is 7.99. The van der Waals surface area contributed by atoms with E-state index in [0.29, 0.717) is 33.2 Å². The molecule has 0 aliphatic carbocycles. The molecule has 0 aliphatic heterocycles. The fourth-order valence-corrected chi connectivity index (χ4v) is 4.66. The van der Waals surface area contributed by atoms with E-state index in [1.54, 1.807) is 44.6 Å². The van der Waals surface area contributed by atoms with Gasteiger partial charge in [0, 0.05) is 18.2 Å². The molecule has 3 rings (SSSR count). The molecule has 0 atom stereocenters. The van der Waals surface area contributed by atoms with Crippen molar-refractivity contribution in [1.29, 1.82) is 0 Å². The van der Waals surface area contributed by atoms with Crippen LogP contribution in [0.25, 0.3) is 16.6 Å². The number of hydrogen-bond donors (Lipinski definition) is 0. The zero-order valence-corrected chi connectivity index (χ0v) is 20.1. The topological polar surface area (TPSA) is 73.7 Å². The van der Waals surface area contributed by atoms with E-state index >= 15 is 0 Å². The molecular weight excluding hydrogens is 426 g/mol. The molecule has 0 saturated carbocycles. The first-order chi connectivity index (χ1) is 15.3. The maximum Gasteiger partial charge on any atom is 0.266 e. The minimum Gasteiger partial charge on any atom is -0.493 e. The Hall–Kier alpha value is -3.00. The van der Waals surface area contributed by atoms with E-state index in [0.717, 1.165) is 0 Å². The summed E-state index contributed by atoms with van der Waals surface area (Å²) in [6.07, 6.45) is 0. The molecule has 3 aromatic rings. The fraction of sp³-hybridized carbons (Fsp3) is 0.375. The summed E-state index contributed by atoms with van der Waals surface area (Å²) >= 11 is 1.25. The number of rotatable bonds is 8. The summed E-state index contributed by atoms with van der Waals surface area (Å²) < 4.78 is 12.3. The predicted octanol–water partition coefficient (Wildman–Crippen LogP) is 4.14. The number of methoxy groups -OCH3 is 2. The fourth-order valence-electron chi connectivity index (χ4n) is 3.77. The van der Waals surface area contributed by atoms with E-state index in [1.165, 1.54) is 16.3 Å². The number of carbonyl (C=O) groups is 1. The zero-order valence-electron chi connectivity index (χ0n) is 19.3. The van der Waals surface area contributed by atoms with Gasteiger partial charge in [-0.3, -0.25) is 14.2 Å². The molecule has 0 N–H and O–H groups in total. The van der Waals surface area contributed by atoms with Crippen molar-refractivity contribution >= 4 is 28.6 Å². The summed E-state index contributed by atoms with van der Waals surface area (Å²) in [4.78, 5) is 32.9.